The van der Waals surface area contributed by atoms with Gasteiger partial charge < -0.3 is 5.32 Å². The maximum Gasteiger partial charge on any atom is 0.258 e. The van der Waals surface area contributed by atoms with E-state index in [0.29, 0.717) is 22.1 Å². The predicted octanol–water partition coefficient (Wildman–Crippen LogP) is 4.66. The Morgan fingerprint density at radius 2 is 1.72 bits per heavy atom. The molecule has 0 spiro atoms. The second-order valence-electron chi connectivity index (χ2n) is 8.41. The SMILES string of the molecule is C[C@H](NC(=S)NC(=O)c1ccccc1Br)C12CC3CC(CC(C3)C1)C2. The van der Waals surface area contributed by atoms with Crippen LogP contribution in [0.25, 0.3) is 0 Å². The van der Waals surface area contributed by atoms with E-state index in [-0.39, 0.29) is 5.91 Å². The number of rotatable bonds is 3. The van der Waals surface area contributed by atoms with Crippen LogP contribution in [0.15, 0.2) is 28.7 Å². The van der Waals surface area contributed by atoms with Gasteiger partial charge in [0.05, 0.1) is 5.56 Å². The molecule has 0 unspecified atom stereocenters. The molecule has 4 aliphatic rings. The third-order valence-corrected chi connectivity index (χ3v) is 7.61. The van der Waals surface area contributed by atoms with Crippen LogP contribution < -0.4 is 10.6 Å². The number of halogens is 1. The van der Waals surface area contributed by atoms with Gasteiger partial charge in [-0.3, -0.25) is 10.1 Å². The fourth-order valence-corrected chi connectivity index (χ4v) is 6.64. The first-order chi connectivity index (χ1) is 11.9. The molecule has 4 fully saturated rings. The highest BCUT2D eigenvalue weighted by Crippen LogP contribution is 2.61. The second-order valence-corrected chi connectivity index (χ2v) is 9.67. The first-order valence-electron chi connectivity index (χ1n) is 9.31. The van der Waals surface area contributed by atoms with E-state index in [1.807, 2.05) is 18.2 Å². The second kappa shape index (κ2) is 6.66. The number of hydrogen-bond acceptors (Lipinski definition) is 2. The van der Waals surface area contributed by atoms with Crippen molar-refractivity contribution in [1.82, 2.24) is 10.6 Å². The van der Waals surface area contributed by atoms with Gasteiger partial charge in [0.1, 0.15) is 0 Å². The topological polar surface area (TPSA) is 41.1 Å². The smallest absolute Gasteiger partial charge is 0.258 e. The minimum Gasteiger partial charge on any atom is -0.359 e. The van der Waals surface area contributed by atoms with Crippen LogP contribution in [0.1, 0.15) is 55.8 Å². The zero-order chi connectivity index (χ0) is 17.6. The molecule has 1 aromatic rings. The van der Waals surface area contributed by atoms with Crippen LogP contribution in [0.5, 0.6) is 0 Å². The van der Waals surface area contributed by atoms with E-state index in [2.05, 4.69) is 33.5 Å². The monoisotopic (exact) mass is 420 g/mol. The quantitative estimate of drug-likeness (QED) is 0.698. The summed E-state index contributed by atoms with van der Waals surface area (Å²) in [7, 11) is 0. The fourth-order valence-electron chi connectivity index (χ4n) is 5.91. The lowest BCUT2D eigenvalue weighted by atomic mass is 9.48. The number of hydrogen-bond donors (Lipinski definition) is 2. The van der Waals surface area contributed by atoms with E-state index < -0.39 is 0 Å². The molecule has 0 heterocycles. The maximum atomic E-state index is 12.4. The summed E-state index contributed by atoms with van der Waals surface area (Å²) in [6.07, 6.45) is 8.30. The Bertz CT molecular complexity index is 669. The summed E-state index contributed by atoms with van der Waals surface area (Å²) in [5.41, 5.74) is 0.978. The molecule has 2 N–H and O–H groups in total. The number of benzene rings is 1. The summed E-state index contributed by atoms with van der Waals surface area (Å²) in [5.74, 6) is 2.58. The maximum absolute atomic E-state index is 12.4. The van der Waals surface area contributed by atoms with Crippen molar-refractivity contribution in [3.8, 4) is 0 Å². The van der Waals surface area contributed by atoms with E-state index >= 15 is 0 Å². The Kier molecular flexibility index (Phi) is 4.65. The minimum absolute atomic E-state index is 0.164. The molecule has 0 radical (unpaired) electrons. The first kappa shape index (κ1) is 17.5. The van der Waals surface area contributed by atoms with Crippen LogP contribution >= 0.6 is 28.1 Å². The Morgan fingerprint density at radius 1 is 1.16 bits per heavy atom. The summed E-state index contributed by atoms with van der Waals surface area (Å²) in [6, 6.07) is 7.72. The molecular formula is C20H25BrN2OS. The molecule has 5 heteroatoms. The highest BCUT2D eigenvalue weighted by Gasteiger charge is 2.53. The van der Waals surface area contributed by atoms with Crippen LogP contribution in [0.2, 0.25) is 0 Å². The van der Waals surface area contributed by atoms with Gasteiger partial charge in [0.25, 0.3) is 5.91 Å². The van der Waals surface area contributed by atoms with Gasteiger partial charge in [-0.25, -0.2) is 0 Å². The minimum atomic E-state index is -0.164. The van der Waals surface area contributed by atoms with Gasteiger partial charge in [-0.05, 0) is 109 Å². The van der Waals surface area contributed by atoms with Gasteiger partial charge in [0.2, 0.25) is 0 Å². The van der Waals surface area contributed by atoms with Gasteiger partial charge in [-0.15, -0.1) is 0 Å². The van der Waals surface area contributed by atoms with Gasteiger partial charge >= 0.3 is 0 Å². The van der Waals surface area contributed by atoms with Crippen LogP contribution in [-0.2, 0) is 0 Å². The summed E-state index contributed by atoms with van der Waals surface area (Å²) in [4.78, 5) is 12.4. The van der Waals surface area contributed by atoms with Crippen molar-refractivity contribution in [2.24, 2.45) is 23.2 Å². The number of carbonyl (C=O) groups excluding carboxylic acids is 1. The van der Waals surface area contributed by atoms with Gasteiger partial charge in [0, 0.05) is 10.5 Å². The van der Waals surface area contributed by atoms with E-state index in [0.717, 1.165) is 22.2 Å². The molecule has 4 saturated carbocycles. The van der Waals surface area contributed by atoms with Crippen molar-refractivity contribution >= 4 is 39.2 Å². The van der Waals surface area contributed by atoms with Crippen molar-refractivity contribution in [3.05, 3.63) is 34.3 Å². The van der Waals surface area contributed by atoms with Crippen molar-refractivity contribution in [1.29, 1.82) is 0 Å². The van der Waals surface area contributed by atoms with Gasteiger partial charge in [-0.1, -0.05) is 12.1 Å². The molecule has 1 amide bonds. The summed E-state index contributed by atoms with van der Waals surface area (Å²) >= 11 is 8.87. The van der Waals surface area contributed by atoms with Crippen LogP contribution in [-0.4, -0.2) is 17.1 Å². The molecular weight excluding hydrogens is 396 g/mol. The summed E-state index contributed by atoms with van der Waals surface area (Å²) < 4.78 is 0.782. The highest BCUT2D eigenvalue weighted by molar-refractivity contribution is 9.10. The third-order valence-electron chi connectivity index (χ3n) is 6.70. The molecule has 1 atom stereocenters. The molecule has 3 nitrogen and oxygen atoms in total. The third kappa shape index (κ3) is 3.37. The van der Waals surface area contributed by atoms with E-state index in [4.69, 9.17) is 12.2 Å². The van der Waals surface area contributed by atoms with Gasteiger partial charge in [0.15, 0.2) is 5.11 Å². The molecule has 134 valence electrons. The van der Waals surface area contributed by atoms with Crippen LogP contribution in [0, 0.1) is 23.2 Å². The molecule has 25 heavy (non-hydrogen) atoms. The zero-order valence-corrected chi connectivity index (χ0v) is 17.0. The van der Waals surface area contributed by atoms with Crippen molar-refractivity contribution in [3.63, 3.8) is 0 Å². The Labute approximate surface area is 163 Å². The largest absolute Gasteiger partial charge is 0.359 e. The molecule has 0 aromatic heterocycles. The van der Waals surface area contributed by atoms with E-state index in [1.54, 1.807) is 6.07 Å². The lowest BCUT2D eigenvalue weighted by molar-refractivity contribution is -0.0672. The summed E-state index contributed by atoms with van der Waals surface area (Å²) in [6.45, 7) is 2.25. The molecule has 5 rings (SSSR count). The van der Waals surface area contributed by atoms with Crippen molar-refractivity contribution in [2.75, 3.05) is 0 Å². The normalized spacial score (nSPS) is 33.8. The standard InChI is InChI=1S/C20H25BrN2OS/c1-12(20-9-13-6-14(10-20)8-15(7-13)11-20)22-19(25)23-18(24)16-4-2-3-5-17(16)21/h2-5,12-15H,6-11H2,1H3,(H2,22,23,24,25)/t12-,13?,14?,15?,20?/m0/s1. The molecule has 1 aromatic carbocycles. The average molecular weight is 421 g/mol. The summed E-state index contributed by atoms with van der Waals surface area (Å²) in [5, 5.41) is 6.74. The van der Waals surface area contributed by atoms with E-state index in [9.17, 15) is 4.79 Å². The lowest BCUT2D eigenvalue weighted by Gasteiger charge is -2.59. The Morgan fingerprint density at radius 3 is 2.28 bits per heavy atom. The Hall–Kier alpha value is -0.940. The van der Waals surface area contributed by atoms with Crippen molar-refractivity contribution < 1.29 is 4.79 Å². The molecule has 4 bridgehead atoms. The molecule has 4 aliphatic carbocycles. The number of amides is 1. The zero-order valence-electron chi connectivity index (χ0n) is 14.6. The Balaban J connectivity index is 1.39. The predicted molar refractivity (Wildman–Crippen MR) is 107 cm³/mol. The van der Waals surface area contributed by atoms with Crippen LogP contribution in [0.3, 0.4) is 0 Å². The number of nitrogens with one attached hydrogen (secondary N) is 2. The van der Waals surface area contributed by atoms with Crippen LogP contribution in [0.4, 0.5) is 0 Å². The van der Waals surface area contributed by atoms with Gasteiger partial charge in [-0.2, -0.15) is 0 Å². The lowest BCUT2D eigenvalue weighted by Crippen LogP contribution is -2.57. The van der Waals surface area contributed by atoms with Crippen molar-refractivity contribution in [2.45, 2.75) is 51.5 Å². The highest BCUT2D eigenvalue weighted by atomic mass is 79.9. The first-order valence-corrected chi connectivity index (χ1v) is 10.5. The number of thiocarbonyl (C=S) groups is 1. The molecule has 0 saturated heterocycles. The fraction of sp³-hybridized carbons (Fsp3) is 0.600. The van der Waals surface area contributed by atoms with E-state index in [1.165, 1.54) is 38.5 Å². The number of carbonyl (C=O) groups is 1. The molecule has 0 aliphatic heterocycles. The average Bonchev–Trinajstić information content (AvgIpc) is 2.53.